The van der Waals surface area contributed by atoms with Crippen molar-refractivity contribution in [3.63, 3.8) is 0 Å². The Morgan fingerprint density at radius 1 is 1.44 bits per heavy atom. The number of aromatic nitrogens is 2. The van der Waals surface area contributed by atoms with Gasteiger partial charge in [-0.15, -0.1) is 11.6 Å². The van der Waals surface area contributed by atoms with Crippen LogP contribution >= 0.6 is 43.5 Å². The van der Waals surface area contributed by atoms with Crippen LogP contribution in [0.5, 0.6) is 0 Å². The summed E-state index contributed by atoms with van der Waals surface area (Å²) in [7, 11) is -3.41. The number of sulfonamides is 1. The quantitative estimate of drug-likeness (QED) is 0.780. The van der Waals surface area contributed by atoms with Crippen LogP contribution < -0.4 is 4.72 Å². The largest absolute Gasteiger partial charge is 0.265 e. The van der Waals surface area contributed by atoms with E-state index >= 15 is 0 Å². The van der Waals surface area contributed by atoms with Gasteiger partial charge in [0.1, 0.15) is 4.60 Å². The monoisotopic (exact) mass is 391 g/mol. The Balaban J connectivity index is 2.80. The number of anilines is 1. The number of nitrogens with one attached hydrogen (secondary N) is 1. The van der Waals surface area contributed by atoms with Crippen LogP contribution in [0.3, 0.4) is 0 Å². The van der Waals surface area contributed by atoms with Crippen LogP contribution in [-0.2, 0) is 10.0 Å². The molecule has 0 fully saturated rings. The molecule has 0 amide bonds. The number of rotatable bonds is 5. The highest BCUT2D eigenvalue weighted by molar-refractivity contribution is 9.11. The topological polar surface area (TPSA) is 72.0 Å². The highest BCUT2D eigenvalue weighted by Gasteiger charge is 2.13. The molecule has 1 rings (SSSR count). The second-order valence-electron chi connectivity index (χ2n) is 2.80. The zero-order chi connectivity index (χ0) is 12.2. The Morgan fingerprint density at radius 3 is 2.69 bits per heavy atom. The van der Waals surface area contributed by atoms with Crippen molar-refractivity contribution in [2.75, 3.05) is 16.4 Å². The zero-order valence-corrected chi connectivity index (χ0v) is 12.7. The summed E-state index contributed by atoms with van der Waals surface area (Å²) in [6.45, 7) is 0. The summed E-state index contributed by atoms with van der Waals surface area (Å²) in [5.41, 5.74) is 0. The average molecular weight is 393 g/mol. The van der Waals surface area contributed by atoms with E-state index in [1.807, 2.05) is 0 Å². The van der Waals surface area contributed by atoms with Crippen LogP contribution in [0.15, 0.2) is 15.4 Å². The Hall–Kier alpha value is 0.0800. The second-order valence-corrected chi connectivity index (χ2v) is 6.58. The van der Waals surface area contributed by atoms with Gasteiger partial charge >= 0.3 is 0 Å². The molecule has 5 nitrogen and oxygen atoms in total. The summed E-state index contributed by atoms with van der Waals surface area (Å²) in [6.07, 6.45) is 1.79. The lowest BCUT2D eigenvalue weighted by atomic mass is 10.6. The highest BCUT2D eigenvalue weighted by atomic mass is 79.9. The molecule has 1 aromatic heterocycles. The van der Waals surface area contributed by atoms with E-state index < -0.39 is 10.0 Å². The van der Waals surface area contributed by atoms with E-state index in [1.165, 1.54) is 6.20 Å². The third-order valence-electron chi connectivity index (χ3n) is 1.50. The van der Waals surface area contributed by atoms with E-state index in [9.17, 15) is 8.42 Å². The summed E-state index contributed by atoms with van der Waals surface area (Å²) < 4.78 is 26.2. The van der Waals surface area contributed by atoms with Crippen molar-refractivity contribution in [2.45, 2.75) is 6.42 Å². The molecule has 1 heterocycles. The van der Waals surface area contributed by atoms with E-state index in [0.717, 1.165) is 0 Å². The molecule has 90 valence electrons. The van der Waals surface area contributed by atoms with Gasteiger partial charge in [0, 0.05) is 5.88 Å². The molecule has 1 N–H and O–H groups in total. The summed E-state index contributed by atoms with van der Waals surface area (Å²) in [4.78, 5) is 7.85. The lowest BCUT2D eigenvalue weighted by molar-refractivity contribution is 0.599. The van der Waals surface area contributed by atoms with Gasteiger partial charge in [0.2, 0.25) is 10.0 Å². The second kappa shape index (κ2) is 6.13. The lowest BCUT2D eigenvalue weighted by Crippen LogP contribution is -2.18. The Morgan fingerprint density at radius 2 is 2.12 bits per heavy atom. The van der Waals surface area contributed by atoms with Crippen molar-refractivity contribution in [3.05, 3.63) is 15.4 Å². The smallest absolute Gasteiger partial charge is 0.233 e. The molecular weight excluding hydrogens is 385 g/mol. The fourth-order valence-electron chi connectivity index (χ4n) is 0.858. The lowest BCUT2D eigenvalue weighted by Gasteiger charge is -2.07. The van der Waals surface area contributed by atoms with Crippen LogP contribution in [-0.4, -0.2) is 30.0 Å². The van der Waals surface area contributed by atoms with Crippen molar-refractivity contribution in [2.24, 2.45) is 0 Å². The van der Waals surface area contributed by atoms with E-state index in [1.54, 1.807) is 0 Å². The van der Waals surface area contributed by atoms with Gasteiger partial charge in [0.05, 0.1) is 11.9 Å². The first-order chi connectivity index (χ1) is 7.44. The Labute approximate surface area is 115 Å². The van der Waals surface area contributed by atoms with Crippen LogP contribution in [0.1, 0.15) is 6.42 Å². The predicted molar refractivity (Wildman–Crippen MR) is 70.2 cm³/mol. The van der Waals surface area contributed by atoms with Gasteiger partial charge in [-0.1, -0.05) is 0 Å². The molecule has 0 aliphatic heterocycles. The van der Waals surface area contributed by atoms with E-state index in [0.29, 0.717) is 21.5 Å². The predicted octanol–water partition coefficient (Wildman–Crippen LogP) is 2.37. The molecule has 0 aliphatic rings. The van der Waals surface area contributed by atoms with Crippen LogP contribution in [0, 0.1) is 0 Å². The molecule has 1 aromatic rings. The first-order valence-electron chi connectivity index (χ1n) is 4.19. The average Bonchev–Trinajstić information content (AvgIpc) is 2.19. The first kappa shape index (κ1) is 14.1. The maximum Gasteiger partial charge on any atom is 0.233 e. The van der Waals surface area contributed by atoms with E-state index in [4.69, 9.17) is 11.6 Å². The minimum absolute atomic E-state index is 0.0410. The highest BCUT2D eigenvalue weighted by Crippen LogP contribution is 2.20. The fraction of sp³-hybridized carbons (Fsp3) is 0.429. The van der Waals surface area contributed by atoms with Crippen molar-refractivity contribution in [1.82, 2.24) is 9.97 Å². The fourth-order valence-corrected chi connectivity index (χ4v) is 3.26. The van der Waals surface area contributed by atoms with Gasteiger partial charge in [-0.2, -0.15) is 0 Å². The minimum Gasteiger partial charge on any atom is -0.265 e. The summed E-state index contributed by atoms with van der Waals surface area (Å²) in [6, 6.07) is 0. The number of hydrogen-bond acceptors (Lipinski definition) is 4. The molecule has 0 saturated heterocycles. The van der Waals surface area contributed by atoms with Gasteiger partial charge in [-0.25, -0.2) is 18.4 Å². The molecule has 0 spiro atoms. The molecule has 0 aliphatic carbocycles. The van der Waals surface area contributed by atoms with Crippen LogP contribution in [0.25, 0.3) is 0 Å². The first-order valence-corrected chi connectivity index (χ1v) is 7.96. The van der Waals surface area contributed by atoms with Crippen molar-refractivity contribution in [3.8, 4) is 0 Å². The molecule has 0 radical (unpaired) electrons. The summed E-state index contributed by atoms with van der Waals surface area (Å²) in [5, 5.41) is 0. The molecule has 16 heavy (non-hydrogen) atoms. The minimum atomic E-state index is -3.41. The normalized spacial score (nSPS) is 11.4. The third-order valence-corrected chi connectivity index (χ3v) is 4.03. The number of halogens is 3. The van der Waals surface area contributed by atoms with Gasteiger partial charge in [0.25, 0.3) is 0 Å². The zero-order valence-electron chi connectivity index (χ0n) is 7.95. The number of hydrogen-bond donors (Lipinski definition) is 1. The molecular formula is C7H8Br2ClN3O2S. The van der Waals surface area contributed by atoms with E-state index in [-0.39, 0.29) is 11.6 Å². The van der Waals surface area contributed by atoms with E-state index in [2.05, 4.69) is 46.5 Å². The molecule has 0 unspecified atom stereocenters. The Bertz CT molecular complexity index is 469. The number of nitrogens with zero attached hydrogens (tertiary/aromatic N) is 2. The molecule has 9 heteroatoms. The molecule has 0 aromatic carbocycles. The maximum absolute atomic E-state index is 11.5. The third kappa shape index (κ3) is 4.52. The summed E-state index contributed by atoms with van der Waals surface area (Å²) in [5.74, 6) is 0.423. The van der Waals surface area contributed by atoms with Gasteiger partial charge in [-0.3, -0.25) is 4.72 Å². The van der Waals surface area contributed by atoms with Gasteiger partial charge in [0.15, 0.2) is 10.4 Å². The van der Waals surface area contributed by atoms with Crippen molar-refractivity contribution >= 4 is 59.3 Å². The molecule has 0 bridgehead atoms. The van der Waals surface area contributed by atoms with Crippen molar-refractivity contribution in [1.29, 1.82) is 0 Å². The number of alkyl halides is 1. The standard InChI is InChI=1S/C7H8Br2ClN3O2S/c8-5-4-11-7(6(9)12-5)13-16(14,15)3-1-2-10/h4H,1-3H2,(H,11,13). The van der Waals surface area contributed by atoms with Crippen LogP contribution in [0.2, 0.25) is 0 Å². The SMILES string of the molecule is O=S(=O)(CCCCl)Nc1ncc(Br)nc1Br. The molecule has 0 saturated carbocycles. The van der Waals surface area contributed by atoms with Crippen LogP contribution in [0.4, 0.5) is 5.82 Å². The van der Waals surface area contributed by atoms with Gasteiger partial charge in [-0.05, 0) is 38.3 Å². The van der Waals surface area contributed by atoms with Gasteiger partial charge < -0.3 is 0 Å². The summed E-state index contributed by atoms with van der Waals surface area (Å²) >= 11 is 11.7. The maximum atomic E-state index is 11.5. The Kier molecular flexibility index (Phi) is 5.42. The molecule has 0 atom stereocenters. The van der Waals surface area contributed by atoms with Crippen molar-refractivity contribution < 1.29 is 8.42 Å².